The monoisotopic (exact) mass is 420 g/mol. The van der Waals surface area contributed by atoms with E-state index in [0.717, 1.165) is 29.3 Å². The second-order valence-electron chi connectivity index (χ2n) is 7.91. The second kappa shape index (κ2) is 9.35. The van der Waals surface area contributed by atoms with E-state index in [9.17, 15) is 9.59 Å². The van der Waals surface area contributed by atoms with Gasteiger partial charge in [0.2, 0.25) is 0 Å². The number of para-hydroxylation sites is 2. The van der Waals surface area contributed by atoms with Crippen molar-refractivity contribution in [3.63, 3.8) is 0 Å². The number of hydrogen-bond donors (Lipinski definition) is 1. The van der Waals surface area contributed by atoms with Crippen LogP contribution >= 0.6 is 0 Å². The number of H-pyrrole nitrogens is 1. The van der Waals surface area contributed by atoms with Crippen LogP contribution in [0.15, 0.2) is 53.3 Å². The molecule has 1 amide bonds. The van der Waals surface area contributed by atoms with Crippen LogP contribution in [0.4, 0.5) is 0 Å². The van der Waals surface area contributed by atoms with Crippen LogP contribution in [0.1, 0.15) is 41.3 Å². The highest BCUT2D eigenvalue weighted by molar-refractivity contribution is 5.97. The van der Waals surface area contributed by atoms with Gasteiger partial charge in [-0.1, -0.05) is 30.3 Å². The van der Waals surface area contributed by atoms with Crippen molar-refractivity contribution >= 4 is 16.8 Å². The summed E-state index contributed by atoms with van der Waals surface area (Å²) in [5.74, 6) is 0.388. The number of amides is 1. The van der Waals surface area contributed by atoms with Crippen molar-refractivity contribution in [1.29, 1.82) is 0 Å². The van der Waals surface area contributed by atoms with Crippen LogP contribution in [0, 0.1) is 6.92 Å². The molecule has 2 heterocycles. The quantitative estimate of drug-likeness (QED) is 0.626. The number of benzene rings is 2. The Morgan fingerprint density at radius 3 is 2.84 bits per heavy atom. The molecule has 1 aliphatic heterocycles. The Hall–Kier alpha value is -3.12. The zero-order chi connectivity index (χ0) is 21.8. The van der Waals surface area contributed by atoms with Gasteiger partial charge >= 0.3 is 0 Å². The second-order valence-corrected chi connectivity index (χ2v) is 7.91. The smallest absolute Gasteiger partial charge is 0.258 e. The van der Waals surface area contributed by atoms with Crippen LogP contribution < -0.4 is 10.3 Å². The number of hydrogen-bond acceptors (Lipinski definition) is 4. The summed E-state index contributed by atoms with van der Waals surface area (Å²) in [6.45, 7) is 5.68. The van der Waals surface area contributed by atoms with Gasteiger partial charge in [-0.05, 0) is 55.8 Å². The highest BCUT2D eigenvalue weighted by Gasteiger charge is 2.26. The fraction of sp³-hybridized carbons (Fsp3) is 0.360. The highest BCUT2D eigenvalue weighted by atomic mass is 16.5. The minimum Gasteiger partial charge on any atom is -0.493 e. The van der Waals surface area contributed by atoms with Crippen molar-refractivity contribution in [2.75, 3.05) is 19.8 Å². The van der Waals surface area contributed by atoms with Crippen molar-refractivity contribution in [1.82, 2.24) is 9.88 Å². The first-order valence-corrected chi connectivity index (χ1v) is 10.8. The van der Waals surface area contributed by atoms with Crippen LogP contribution in [-0.4, -0.2) is 41.7 Å². The molecule has 1 atom stereocenters. The summed E-state index contributed by atoms with van der Waals surface area (Å²) in [5.41, 5.74) is 2.72. The number of carbonyl (C=O) groups is 1. The molecule has 0 spiro atoms. The van der Waals surface area contributed by atoms with E-state index in [1.54, 1.807) is 17.0 Å². The summed E-state index contributed by atoms with van der Waals surface area (Å²) >= 11 is 0. The lowest BCUT2D eigenvalue weighted by Gasteiger charge is -2.26. The lowest BCUT2D eigenvalue weighted by atomic mass is 10.1. The molecule has 0 aliphatic carbocycles. The van der Waals surface area contributed by atoms with Crippen molar-refractivity contribution in [2.45, 2.75) is 39.3 Å². The van der Waals surface area contributed by atoms with Crippen LogP contribution in [0.25, 0.3) is 10.9 Å². The molecule has 2 aromatic carbocycles. The number of ether oxygens (including phenoxy) is 2. The summed E-state index contributed by atoms with van der Waals surface area (Å²) in [6, 6.07) is 15.0. The van der Waals surface area contributed by atoms with Gasteiger partial charge in [-0.2, -0.15) is 0 Å². The van der Waals surface area contributed by atoms with Crippen LogP contribution in [0.5, 0.6) is 5.75 Å². The highest BCUT2D eigenvalue weighted by Crippen LogP contribution is 2.23. The van der Waals surface area contributed by atoms with Gasteiger partial charge in [-0.3, -0.25) is 9.59 Å². The van der Waals surface area contributed by atoms with Crippen LogP contribution in [0.3, 0.4) is 0 Å². The molecule has 0 bridgehead atoms. The molecule has 1 fully saturated rings. The zero-order valence-electron chi connectivity index (χ0n) is 18.0. The number of rotatable bonds is 7. The molecule has 6 heteroatoms. The standard InChI is InChI=1S/C25H28N2O4/c1-3-30-22-12-5-4-11-21(22)25(29)27(16-20-10-7-13-31-20)15-19-14-18-9-6-8-17(2)23(18)26-24(19)28/h4-6,8-9,11-12,14,20H,3,7,10,13,15-16H2,1-2H3,(H,26,28)/t20-/m1/s1. The minimum absolute atomic E-state index is 0.0232. The van der Waals surface area contributed by atoms with Gasteiger partial charge in [0.15, 0.2) is 0 Å². The Bertz CT molecular complexity index is 1130. The predicted octanol–water partition coefficient (Wildman–Crippen LogP) is 4.06. The third-order valence-electron chi connectivity index (χ3n) is 5.68. The summed E-state index contributed by atoms with van der Waals surface area (Å²) in [6.07, 6.45) is 1.87. The van der Waals surface area contributed by atoms with Gasteiger partial charge in [0.1, 0.15) is 5.75 Å². The average molecular weight is 421 g/mol. The molecule has 0 unspecified atom stereocenters. The summed E-state index contributed by atoms with van der Waals surface area (Å²) in [4.78, 5) is 31.1. The number of nitrogens with zero attached hydrogens (tertiary/aromatic N) is 1. The maximum Gasteiger partial charge on any atom is 0.258 e. The summed E-state index contributed by atoms with van der Waals surface area (Å²) < 4.78 is 11.5. The first-order chi connectivity index (χ1) is 15.1. The molecule has 3 aromatic rings. The molecule has 1 saturated heterocycles. The van der Waals surface area contributed by atoms with E-state index in [-0.39, 0.29) is 24.1 Å². The van der Waals surface area contributed by atoms with Crippen molar-refractivity contribution < 1.29 is 14.3 Å². The molecule has 4 rings (SSSR count). The summed E-state index contributed by atoms with van der Waals surface area (Å²) in [7, 11) is 0. The molecule has 0 radical (unpaired) electrons. The lowest BCUT2D eigenvalue weighted by Crippen LogP contribution is -2.38. The minimum atomic E-state index is -0.176. The fourth-order valence-electron chi connectivity index (χ4n) is 4.10. The zero-order valence-corrected chi connectivity index (χ0v) is 18.0. The first kappa shape index (κ1) is 21.1. The van der Waals surface area contributed by atoms with Crippen LogP contribution in [0.2, 0.25) is 0 Å². The summed E-state index contributed by atoms with van der Waals surface area (Å²) in [5, 5.41) is 0.953. The molecule has 31 heavy (non-hydrogen) atoms. The number of aromatic nitrogens is 1. The van der Waals surface area contributed by atoms with E-state index in [4.69, 9.17) is 9.47 Å². The number of fused-ring (bicyclic) bond motifs is 1. The molecule has 1 aromatic heterocycles. The largest absolute Gasteiger partial charge is 0.493 e. The van der Waals surface area contributed by atoms with Gasteiger partial charge in [-0.15, -0.1) is 0 Å². The van der Waals surface area contributed by atoms with Gasteiger partial charge in [0.05, 0.1) is 30.3 Å². The van der Waals surface area contributed by atoms with E-state index in [1.165, 1.54) is 0 Å². The van der Waals surface area contributed by atoms with E-state index in [1.807, 2.05) is 50.2 Å². The van der Waals surface area contributed by atoms with E-state index >= 15 is 0 Å². The van der Waals surface area contributed by atoms with Gasteiger partial charge < -0.3 is 19.4 Å². The maximum absolute atomic E-state index is 13.5. The third-order valence-corrected chi connectivity index (χ3v) is 5.68. The Morgan fingerprint density at radius 1 is 1.23 bits per heavy atom. The van der Waals surface area contributed by atoms with Crippen LogP contribution in [-0.2, 0) is 11.3 Å². The molecule has 0 saturated carbocycles. The Labute approximate surface area is 181 Å². The van der Waals surface area contributed by atoms with E-state index in [0.29, 0.717) is 36.6 Å². The molecule has 162 valence electrons. The third kappa shape index (κ3) is 4.64. The van der Waals surface area contributed by atoms with E-state index < -0.39 is 0 Å². The first-order valence-electron chi connectivity index (χ1n) is 10.8. The van der Waals surface area contributed by atoms with Crippen molar-refractivity contribution in [3.8, 4) is 5.75 Å². The fourth-order valence-corrected chi connectivity index (χ4v) is 4.10. The molecule has 1 aliphatic rings. The Morgan fingerprint density at radius 2 is 2.06 bits per heavy atom. The molecular weight excluding hydrogens is 392 g/mol. The topological polar surface area (TPSA) is 71.6 Å². The SMILES string of the molecule is CCOc1ccccc1C(=O)N(Cc1cc2cccc(C)c2[nH]c1=O)C[C@H]1CCCO1. The molecular formula is C25H28N2O4. The van der Waals surface area contributed by atoms with E-state index in [2.05, 4.69) is 4.98 Å². The average Bonchev–Trinajstić information content (AvgIpc) is 3.28. The maximum atomic E-state index is 13.5. The number of pyridine rings is 1. The number of aromatic amines is 1. The number of aryl methyl sites for hydroxylation is 1. The molecule has 1 N–H and O–H groups in total. The number of carbonyl (C=O) groups excluding carboxylic acids is 1. The molecule has 6 nitrogen and oxygen atoms in total. The Balaban J connectivity index is 1.69. The van der Waals surface area contributed by atoms with Crippen molar-refractivity contribution in [2.24, 2.45) is 0 Å². The lowest BCUT2D eigenvalue weighted by molar-refractivity contribution is 0.0503. The van der Waals surface area contributed by atoms with Gasteiger partial charge in [-0.25, -0.2) is 0 Å². The van der Waals surface area contributed by atoms with Crippen molar-refractivity contribution in [3.05, 3.63) is 75.6 Å². The predicted molar refractivity (Wildman–Crippen MR) is 121 cm³/mol. The van der Waals surface area contributed by atoms with Gasteiger partial charge in [0.25, 0.3) is 11.5 Å². The normalized spacial score (nSPS) is 15.9. The number of nitrogens with one attached hydrogen (secondary N) is 1. The van der Waals surface area contributed by atoms with Gasteiger partial charge in [0, 0.05) is 18.7 Å². The Kier molecular flexibility index (Phi) is 6.37.